The van der Waals surface area contributed by atoms with E-state index in [1.54, 1.807) is 25.1 Å². The molecule has 3 aromatic carbocycles. The van der Waals surface area contributed by atoms with Gasteiger partial charge in [-0.1, -0.05) is 49.0 Å². The summed E-state index contributed by atoms with van der Waals surface area (Å²) in [5, 5.41) is 0. The number of Topliss-reactive ketones (excluding diaryl/α,β-unsaturated/α-hetero) is 1. The number of ether oxygens (including phenoxy) is 2. The van der Waals surface area contributed by atoms with E-state index in [1.165, 1.54) is 7.11 Å². The molecule has 0 heterocycles. The van der Waals surface area contributed by atoms with Gasteiger partial charge in [-0.15, -0.1) is 0 Å². The number of hydrogen-bond acceptors (Lipinski definition) is 4. The van der Waals surface area contributed by atoms with Crippen LogP contribution in [0.4, 0.5) is 8.78 Å². The van der Waals surface area contributed by atoms with Gasteiger partial charge >= 0.3 is 0 Å². The molecule has 0 bridgehead atoms. The molecule has 0 aliphatic heterocycles. The van der Waals surface area contributed by atoms with E-state index in [1.807, 2.05) is 30.3 Å². The summed E-state index contributed by atoms with van der Waals surface area (Å²) in [6, 6.07) is 16.7. The minimum Gasteiger partial charge on any atom is -0.493 e. The molecule has 29 heavy (non-hydrogen) atoms. The number of rotatable bonds is 8. The smallest absolute Gasteiger partial charge is 0.163 e. The zero-order valence-corrected chi connectivity index (χ0v) is 16.9. The summed E-state index contributed by atoms with van der Waals surface area (Å²) in [4.78, 5) is 12.9. The van der Waals surface area contributed by atoms with E-state index in [0.717, 1.165) is 29.5 Å². The van der Waals surface area contributed by atoms with Crippen molar-refractivity contribution in [1.29, 1.82) is 0 Å². The molecule has 3 aromatic rings. The molecule has 0 saturated heterocycles. The van der Waals surface area contributed by atoms with Gasteiger partial charge in [0, 0.05) is 22.9 Å². The lowest BCUT2D eigenvalue weighted by Crippen LogP contribution is -2.02. The predicted molar refractivity (Wildman–Crippen MR) is 109 cm³/mol. The van der Waals surface area contributed by atoms with Gasteiger partial charge in [-0.05, 0) is 29.8 Å². The molecule has 0 fully saturated rings. The summed E-state index contributed by atoms with van der Waals surface area (Å²) in [7, 11) is 1.52. The number of carbonyl (C=O) groups is 1. The molecule has 0 unspecified atom stereocenters. The topological polar surface area (TPSA) is 35.5 Å². The van der Waals surface area contributed by atoms with Gasteiger partial charge in [0.25, 0.3) is 0 Å². The second-order valence-corrected chi connectivity index (χ2v) is 7.31. The number of benzene rings is 3. The van der Waals surface area contributed by atoms with Crippen LogP contribution in [0.5, 0.6) is 11.5 Å². The van der Waals surface area contributed by atoms with Gasteiger partial charge in [-0.25, -0.2) is 8.78 Å². The van der Waals surface area contributed by atoms with E-state index in [-0.39, 0.29) is 22.7 Å². The Kier molecular flexibility index (Phi) is 6.88. The Morgan fingerprint density at radius 3 is 2.45 bits per heavy atom. The van der Waals surface area contributed by atoms with Crippen molar-refractivity contribution in [1.82, 2.24) is 0 Å². The molecular weight excluding hydrogens is 394 g/mol. The van der Waals surface area contributed by atoms with Gasteiger partial charge < -0.3 is 9.47 Å². The Morgan fingerprint density at radius 1 is 1.00 bits per heavy atom. The maximum absolute atomic E-state index is 14.4. The first-order chi connectivity index (χ1) is 14.0. The zero-order valence-electron chi connectivity index (χ0n) is 16.1. The van der Waals surface area contributed by atoms with E-state index in [2.05, 4.69) is 0 Å². The summed E-state index contributed by atoms with van der Waals surface area (Å²) in [5.74, 6) is -0.830. The molecule has 0 radical (unpaired) electrons. The SMILES string of the molecule is CCC(=O)c1cc(F)cc(F)c1Sc1ccc(OCc2ccccc2)c(OC)c1. The van der Waals surface area contributed by atoms with Crippen LogP contribution in [0.15, 0.2) is 70.5 Å². The Labute approximate surface area is 172 Å². The lowest BCUT2D eigenvalue weighted by molar-refractivity contribution is 0.0984. The first-order valence-electron chi connectivity index (χ1n) is 9.06. The van der Waals surface area contributed by atoms with Crippen LogP contribution in [0.25, 0.3) is 0 Å². The van der Waals surface area contributed by atoms with Crippen LogP contribution in [-0.2, 0) is 6.61 Å². The van der Waals surface area contributed by atoms with Crippen LogP contribution in [0.1, 0.15) is 29.3 Å². The van der Waals surface area contributed by atoms with Crippen molar-refractivity contribution < 1.29 is 23.0 Å². The maximum Gasteiger partial charge on any atom is 0.163 e. The van der Waals surface area contributed by atoms with E-state index in [0.29, 0.717) is 23.0 Å². The molecule has 0 spiro atoms. The van der Waals surface area contributed by atoms with Gasteiger partial charge in [-0.2, -0.15) is 0 Å². The lowest BCUT2D eigenvalue weighted by atomic mass is 10.1. The van der Waals surface area contributed by atoms with Crippen molar-refractivity contribution in [3.63, 3.8) is 0 Å². The van der Waals surface area contributed by atoms with E-state index < -0.39 is 11.6 Å². The minimum atomic E-state index is -0.772. The normalized spacial score (nSPS) is 10.6. The van der Waals surface area contributed by atoms with Gasteiger partial charge in [0.15, 0.2) is 17.3 Å². The molecule has 0 atom stereocenters. The van der Waals surface area contributed by atoms with Crippen molar-refractivity contribution in [3.8, 4) is 11.5 Å². The third-order valence-corrected chi connectivity index (χ3v) is 5.33. The highest BCUT2D eigenvalue weighted by atomic mass is 32.2. The van der Waals surface area contributed by atoms with Crippen molar-refractivity contribution in [2.75, 3.05) is 7.11 Å². The predicted octanol–water partition coefficient (Wildman–Crippen LogP) is 6.30. The van der Waals surface area contributed by atoms with Crippen LogP contribution in [-0.4, -0.2) is 12.9 Å². The Morgan fingerprint density at radius 2 is 1.76 bits per heavy atom. The molecule has 3 rings (SSSR count). The molecule has 0 saturated carbocycles. The van der Waals surface area contributed by atoms with Crippen LogP contribution >= 0.6 is 11.8 Å². The highest BCUT2D eigenvalue weighted by Crippen LogP contribution is 2.38. The summed E-state index contributed by atoms with van der Waals surface area (Å²) < 4.78 is 39.2. The van der Waals surface area contributed by atoms with Gasteiger partial charge in [0.1, 0.15) is 18.2 Å². The van der Waals surface area contributed by atoms with E-state index >= 15 is 0 Å². The fourth-order valence-corrected chi connectivity index (χ4v) is 3.72. The molecule has 0 aromatic heterocycles. The van der Waals surface area contributed by atoms with Crippen LogP contribution < -0.4 is 9.47 Å². The molecule has 150 valence electrons. The molecule has 0 aliphatic rings. The Balaban J connectivity index is 1.85. The second kappa shape index (κ2) is 9.56. The fourth-order valence-electron chi connectivity index (χ4n) is 2.75. The number of hydrogen-bond donors (Lipinski definition) is 0. The molecule has 3 nitrogen and oxygen atoms in total. The highest BCUT2D eigenvalue weighted by molar-refractivity contribution is 7.99. The van der Waals surface area contributed by atoms with Gasteiger partial charge in [0.2, 0.25) is 0 Å². The number of methoxy groups -OCH3 is 1. The van der Waals surface area contributed by atoms with Crippen molar-refractivity contribution in [2.24, 2.45) is 0 Å². The summed E-state index contributed by atoms with van der Waals surface area (Å²) in [5.41, 5.74) is 1.06. The minimum absolute atomic E-state index is 0.0402. The molecule has 6 heteroatoms. The summed E-state index contributed by atoms with van der Waals surface area (Å²) >= 11 is 1.05. The second-order valence-electron chi connectivity index (χ2n) is 6.23. The third kappa shape index (κ3) is 5.15. The van der Waals surface area contributed by atoms with Crippen LogP contribution in [0.2, 0.25) is 0 Å². The first-order valence-corrected chi connectivity index (χ1v) is 9.88. The number of carbonyl (C=O) groups excluding carboxylic acids is 1. The maximum atomic E-state index is 14.4. The molecule has 0 aliphatic carbocycles. The standard InChI is InChI=1S/C23H20F2O3S/c1-3-20(26)18-11-16(24)12-19(25)23(18)29-17-9-10-21(22(13-17)27-2)28-14-15-7-5-4-6-8-15/h4-13H,3,14H2,1-2H3. The Hall–Kier alpha value is -2.86. The number of ketones is 1. The van der Waals surface area contributed by atoms with Crippen LogP contribution in [0, 0.1) is 11.6 Å². The van der Waals surface area contributed by atoms with Crippen molar-refractivity contribution >= 4 is 17.5 Å². The molecule has 0 amide bonds. The van der Waals surface area contributed by atoms with Crippen molar-refractivity contribution in [3.05, 3.63) is 83.4 Å². The van der Waals surface area contributed by atoms with E-state index in [4.69, 9.17) is 9.47 Å². The quantitative estimate of drug-likeness (QED) is 0.406. The average Bonchev–Trinajstić information content (AvgIpc) is 2.74. The number of halogens is 2. The van der Waals surface area contributed by atoms with Gasteiger partial charge in [0.05, 0.1) is 12.0 Å². The van der Waals surface area contributed by atoms with Crippen molar-refractivity contribution in [2.45, 2.75) is 29.7 Å². The summed E-state index contributed by atoms with van der Waals surface area (Å²) in [6.07, 6.45) is 0.159. The van der Waals surface area contributed by atoms with E-state index in [9.17, 15) is 13.6 Å². The highest BCUT2D eigenvalue weighted by Gasteiger charge is 2.18. The largest absolute Gasteiger partial charge is 0.493 e. The third-order valence-electron chi connectivity index (χ3n) is 4.22. The Bertz CT molecular complexity index is 1010. The first kappa shape index (κ1) is 20.9. The molecular formula is C23H20F2O3S. The zero-order chi connectivity index (χ0) is 20.8. The average molecular weight is 414 g/mol. The lowest BCUT2D eigenvalue weighted by Gasteiger charge is -2.13. The fraction of sp³-hybridized carbons (Fsp3) is 0.174. The van der Waals surface area contributed by atoms with Gasteiger partial charge in [-0.3, -0.25) is 4.79 Å². The van der Waals surface area contributed by atoms with Crippen LogP contribution in [0.3, 0.4) is 0 Å². The summed E-state index contributed by atoms with van der Waals surface area (Å²) in [6.45, 7) is 2.03. The monoisotopic (exact) mass is 414 g/mol. The molecule has 0 N–H and O–H groups in total.